The molecule has 1 amide bonds. The molecule has 4 aliphatic rings. The van der Waals surface area contributed by atoms with E-state index in [4.69, 9.17) is 33.2 Å². The van der Waals surface area contributed by atoms with E-state index in [0.29, 0.717) is 0 Å². The Morgan fingerprint density at radius 2 is 0.979 bits per heavy atom. The molecule has 0 aliphatic carbocycles. The highest BCUT2D eigenvalue weighted by molar-refractivity contribution is 5.73. The van der Waals surface area contributed by atoms with Crippen LogP contribution in [0.4, 0.5) is 0 Å². The minimum atomic E-state index is -1.98. The van der Waals surface area contributed by atoms with Crippen LogP contribution in [0, 0.1) is 0 Å². The minimum absolute atomic E-state index is 0.678. The van der Waals surface area contributed by atoms with Crippen molar-refractivity contribution in [3.8, 4) is 0 Å². The van der Waals surface area contributed by atoms with Crippen molar-refractivity contribution in [2.24, 2.45) is 0 Å². The number of ether oxygens (including phenoxy) is 7. The summed E-state index contributed by atoms with van der Waals surface area (Å²) >= 11 is 0. The van der Waals surface area contributed by atoms with Crippen LogP contribution in [0.25, 0.3) is 0 Å². The molecule has 0 spiro atoms. The molecule has 21 nitrogen and oxygen atoms in total. The SMILES string of the molecule is CC(=O)N[C@H]1C(O[C@@H]2OC(CO)[C@H](O)C(O)[C@@H]2O)[C@H](O)C(CO)O[C@H]1OC1[C@@H](O)C(CO)O[C@@H](O[C@@H]2C(CO)OC(C)[C@@H](O)C2O)[C@H]1O. The highest BCUT2D eigenvalue weighted by atomic mass is 16.8. The summed E-state index contributed by atoms with van der Waals surface area (Å²) in [6.07, 6.45) is -31.2. The maximum Gasteiger partial charge on any atom is 0.217 e. The number of aliphatic hydroxyl groups excluding tert-OH is 12. The van der Waals surface area contributed by atoms with Crippen LogP contribution in [-0.4, -0.2) is 216 Å². The number of carbonyl (C=O) groups excluding carboxylic acids is 1. The lowest BCUT2D eigenvalue weighted by Gasteiger charge is -2.50. The number of carbonyl (C=O) groups is 1. The van der Waals surface area contributed by atoms with Gasteiger partial charge in [0.2, 0.25) is 5.91 Å². The second-order valence-electron chi connectivity index (χ2n) is 12.2. The van der Waals surface area contributed by atoms with Crippen molar-refractivity contribution in [2.45, 2.75) is 136 Å². The van der Waals surface area contributed by atoms with E-state index in [0.717, 1.165) is 6.92 Å². The lowest BCUT2D eigenvalue weighted by atomic mass is 9.94. The third-order valence-corrected chi connectivity index (χ3v) is 8.87. The van der Waals surface area contributed by atoms with Crippen LogP contribution >= 0.6 is 0 Å². The Bertz CT molecular complexity index is 1030. The smallest absolute Gasteiger partial charge is 0.217 e. The molecule has 4 aliphatic heterocycles. The monoisotopic (exact) mass is 705 g/mol. The molecule has 280 valence electrons. The van der Waals surface area contributed by atoms with Crippen molar-refractivity contribution in [1.29, 1.82) is 0 Å². The van der Waals surface area contributed by atoms with Crippen molar-refractivity contribution < 1.29 is 99.2 Å². The Morgan fingerprint density at radius 1 is 0.521 bits per heavy atom. The predicted octanol–water partition coefficient (Wildman–Crippen LogP) is -8.53. The predicted molar refractivity (Wildman–Crippen MR) is 149 cm³/mol. The van der Waals surface area contributed by atoms with Crippen molar-refractivity contribution in [1.82, 2.24) is 5.32 Å². The van der Waals surface area contributed by atoms with Gasteiger partial charge in [0.15, 0.2) is 18.9 Å². The van der Waals surface area contributed by atoms with E-state index in [9.17, 15) is 66.1 Å². The molecule has 4 rings (SSSR count). The van der Waals surface area contributed by atoms with E-state index in [1.165, 1.54) is 6.92 Å². The molecule has 0 aromatic carbocycles. The van der Waals surface area contributed by atoms with Gasteiger partial charge in [-0.25, -0.2) is 0 Å². The number of hydrogen-bond donors (Lipinski definition) is 13. The Kier molecular flexibility index (Phi) is 13.8. The standard InChI is InChI=1S/C27H47NO20/c1-7-14(34)19(39)22(12(6-32)42-7)46-27-21(41)24(17(37)11(5-31)45-27)48-25-13(28-8(2)33)23(16(36)10(4-30)43-25)47-26-20(40)18(38)15(35)9(3-29)44-26/h7,9-27,29-32,34-41H,3-6H2,1-2H3,(H,28,33)/t7?,9?,10?,11?,12?,13-,14+,15-,16+,17-,18?,19?,20-,21-,22+,23?,24?,25-,26-,27-/m0/s1. The van der Waals surface area contributed by atoms with Gasteiger partial charge in [-0.05, 0) is 6.92 Å². The van der Waals surface area contributed by atoms with Crippen molar-refractivity contribution >= 4 is 5.91 Å². The zero-order chi connectivity index (χ0) is 35.6. The van der Waals surface area contributed by atoms with E-state index in [1.807, 2.05) is 0 Å². The highest BCUT2D eigenvalue weighted by Gasteiger charge is 2.55. The third kappa shape index (κ3) is 8.10. The Morgan fingerprint density at radius 3 is 1.52 bits per heavy atom. The average Bonchev–Trinajstić information content (AvgIpc) is 3.06. The van der Waals surface area contributed by atoms with Gasteiger partial charge in [-0.15, -0.1) is 0 Å². The van der Waals surface area contributed by atoms with Gasteiger partial charge >= 0.3 is 0 Å². The summed E-state index contributed by atoms with van der Waals surface area (Å²) in [7, 11) is 0. The Hall–Kier alpha value is -1.29. The fraction of sp³-hybridized carbons (Fsp3) is 0.963. The maximum atomic E-state index is 12.3. The molecular formula is C27H47NO20. The van der Waals surface area contributed by atoms with Crippen molar-refractivity contribution in [3.63, 3.8) is 0 Å². The maximum absolute atomic E-state index is 12.3. The number of aliphatic hydroxyl groups is 12. The normalized spacial score (nSPS) is 50.2. The van der Waals surface area contributed by atoms with Crippen LogP contribution in [0.2, 0.25) is 0 Å². The molecule has 4 fully saturated rings. The zero-order valence-electron chi connectivity index (χ0n) is 26.0. The molecule has 9 unspecified atom stereocenters. The van der Waals surface area contributed by atoms with Gasteiger partial charge in [-0.2, -0.15) is 0 Å². The van der Waals surface area contributed by atoms with Crippen LogP contribution in [0.5, 0.6) is 0 Å². The summed E-state index contributed by atoms with van der Waals surface area (Å²) in [4.78, 5) is 12.3. The zero-order valence-corrected chi connectivity index (χ0v) is 26.0. The van der Waals surface area contributed by atoms with Gasteiger partial charge in [-0.1, -0.05) is 0 Å². The molecule has 0 bridgehead atoms. The quantitative estimate of drug-likeness (QED) is 0.0949. The highest BCUT2D eigenvalue weighted by Crippen LogP contribution is 2.34. The fourth-order valence-corrected chi connectivity index (χ4v) is 6.15. The second-order valence-corrected chi connectivity index (χ2v) is 12.2. The first-order valence-electron chi connectivity index (χ1n) is 15.4. The summed E-state index contributed by atoms with van der Waals surface area (Å²) in [5.41, 5.74) is 0. The molecule has 4 heterocycles. The number of rotatable bonds is 11. The molecular weight excluding hydrogens is 658 g/mol. The lowest BCUT2D eigenvalue weighted by Crippen LogP contribution is -2.70. The molecule has 21 heteroatoms. The summed E-state index contributed by atoms with van der Waals surface area (Å²) < 4.78 is 39.4. The molecule has 4 saturated heterocycles. The Labute approximate surface area is 273 Å². The first-order chi connectivity index (χ1) is 22.7. The first-order valence-corrected chi connectivity index (χ1v) is 15.4. The molecule has 0 aromatic heterocycles. The summed E-state index contributed by atoms with van der Waals surface area (Å²) in [6, 6.07) is -1.58. The van der Waals surface area contributed by atoms with E-state index >= 15 is 0 Å². The van der Waals surface area contributed by atoms with Crippen LogP contribution in [0.15, 0.2) is 0 Å². The largest absolute Gasteiger partial charge is 0.394 e. The van der Waals surface area contributed by atoms with Crippen LogP contribution in [-0.2, 0) is 38.0 Å². The second kappa shape index (κ2) is 16.8. The number of nitrogens with one attached hydrogen (secondary N) is 1. The topological polar surface area (TPSA) is 336 Å². The van der Waals surface area contributed by atoms with Gasteiger partial charge in [0.05, 0.1) is 32.5 Å². The molecule has 0 saturated carbocycles. The average molecular weight is 706 g/mol. The Balaban J connectivity index is 1.61. The number of amides is 1. The van der Waals surface area contributed by atoms with Gasteiger partial charge in [0.1, 0.15) is 97.6 Å². The van der Waals surface area contributed by atoms with E-state index < -0.39 is 155 Å². The lowest BCUT2D eigenvalue weighted by molar-refractivity contribution is -0.375. The first kappa shape index (κ1) is 39.5. The van der Waals surface area contributed by atoms with Crippen molar-refractivity contribution in [3.05, 3.63) is 0 Å². The van der Waals surface area contributed by atoms with Crippen LogP contribution in [0.3, 0.4) is 0 Å². The van der Waals surface area contributed by atoms with E-state index in [2.05, 4.69) is 5.32 Å². The molecule has 0 aromatic rings. The van der Waals surface area contributed by atoms with Crippen molar-refractivity contribution in [2.75, 3.05) is 26.4 Å². The summed E-state index contributed by atoms with van der Waals surface area (Å²) in [5.74, 6) is -0.745. The number of hydrogen-bond acceptors (Lipinski definition) is 20. The fourth-order valence-electron chi connectivity index (χ4n) is 6.15. The summed E-state index contributed by atoms with van der Waals surface area (Å²) in [5, 5.41) is 127. The van der Waals surface area contributed by atoms with Crippen LogP contribution < -0.4 is 5.32 Å². The van der Waals surface area contributed by atoms with Gasteiger partial charge in [-0.3, -0.25) is 4.79 Å². The summed E-state index contributed by atoms with van der Waals surface area (Å²) in [6.45, 7) is -0.709. The van der Waals surface area contributed by atoms with Gasteiger partial charge in [0, 0.05) is 6.92 Å². The van der Waals surface area contributed by atoms with Gasteiger partial charge in [0.25, 0.3) is 0 Å². The molecule has 0 radical (unpaired) electrons. The van der Waals surface area contributed by atoms with Gasteiger partial charge < -0.3 is 99.8 Å². The van der Waals surface area contributed by atoms with Crippen LogP contribution in [0.1, 0.15) is 13.8 Å². The third-order valence-electron chi connectivity index (χ3n) is 8.87. The van der Waals surface area contributed by atoms with E-state index in [1.54, 1.807) is 0 Å². The molecule has 13 N–H and O–H groups in total. The van der Waals surface area contributed by atoms with E-state index in [-0.39, 0.29) is 0 Å². The molecule has 48 heavy (non-hydrogen) atoms. The minimum Gasteiger partial charge on any atom is -0.394 e. The molecule has 20 atom stereocenters.